The molecule has 0 radical (unpaired) electrons. The molecule has 4 nitrogen and oxygen atoms in total. The highest BCUT2D eigenvalue weighted by Gasteiger charge is 2.13. The number of halogens is 3. The fourth-order valence-corrected chi connectivity index (χ4v) is 2.27. The van der Waals surface area contributed by atoms with Gasteiger partial charge in [-0.25, -0.2) is 9.97 Å². The number of hydrogen-bond donors (Lipinski definition) is 2. The summed E-state index contributed by atoms with van der Waals surface area (Å²) in [6.45, 7) is 5.84. The van der Waals surface area contributed by atoms with Gasteiger partial charge in [-0.3, -0.25) is 0 Å². The van der Waals surface area contributed by atoms with Crippen LogP contribution in [0.3, 0.4) is 0 Å². The number of anilines is 3. The zero-order valence-electron chi connectivity index (χ0n) is 11.8. The number of rotatable bonds is 3. The summed E-state index contributed by atoms with van der Waals surface area (Å²) in [5.74, 6) is 1.87. The van der Waals surface area contributed by atoms with Crippen molar-refractivity contribution in [2.75, 3.05) is 11.1 Å². The smallest absolute Gasteiger partial charge is 0.139 e. The number of nitrogens with zero attached hydrogens (tertiary/aromatic N) is 2. The third-order valence-corrected chi connectivity index (χ3v) is 4.02. The minimum atomic E-state index is 0.165. The average molecular weight is 346 g/mol. The van der Waals surface area contributed by atoms with E-state index < -0.39 is 0 Å². The SMILES string of the molecule is Cc1c(N)nc(C(C)C)nc1Nc1cc(Cl)c(Cl)cc1Cl. The van der Waals surface area contributed by atoms with Crippen LogP contribution >= 0.6 is 34.8 Å². The van der Waals surface area contributed by atoms with E-state index in [1.54, 1.807) is 12.1 Å². The highest BCUT2D eigenvalue weighted by atomic mass is 35.5. The molecule has 21 heavy (non-hydrogen) atoms. The van der Waals surface area contributed by atoms with Gasteiger partial charge in [-0.15, -0.1) is 0 Å². The van der Waals surface area contributed by atoms with Crippen molar-refractivity contribution in [3.05, 3.63) is 38.6 Å². The van der Waals surface area contributed by atoms with Gasteiger partial charge in [-0.2, -0.15) is 0 Å². The van der Waals surface area contributed by atoms with Crippen molar-refractivity contribution in [2.45, 2.75) is 26.7 Å². The number of hydrogen-bond acceptors (Lipinski definition) is 4. The number of nitrogens with one attached hydrogen (secondary N) is 1. The molecule has 0 unspecified atom stereocenters. The lowest BCUT2D eigenvalue weighted by Crippen LogP contribution is -2.08. The molecular formula is C14H15Cl3N4. The molecule has 3 N–H and O–H groups in total. The zero-order valence-corrected chi connectivity index (χ0v) is 14.1. The molecule has 0 saturated heterocycles. The Labute approximate surface area is 138 Å². The van der Waals surface area contributed by atoms with E-state index in [9.17, 15) is 0 Å². The Bertz CT molecular complexity index is 686. The summed E-state index contributed by atoms with van der Waals surface area (Å²) in [5.41, 5.74) is 7.30. The summed E-state index contributed by atoms with van der Waals surface area (Å²) >= 11 is 18.1. The summed E-state index contributed by atoms with van der Waals surface area (Å²) in [6.07, 6.45) is 0. The predicted molar refractivity (Wildman–Crippen MR) is 90.0 cm³/mol. The van der Waals surface area contributed by atoms with Gasteiger partial charge in [0.25, 0.3) is 0 Å². The Hall–Kier alpha value is -1.23. The quantitative estimate of drug-likeness (QED) is 0.751. The Morgan fingerprint density at radius 2 is 1.67 bits per heavy atom. The Balaban J connectivity index is 2.46. The number of benzene rings is 1. The molecule has 0 bridgehead atoms. The van der Waals surface area contributed by atoms with E-state index >= 15 is 0 Å². The molecule has 0 saturated carbocycles. The average Bonchev–Trinajstić information content (AvgIpc) is 2.40. The fraction of sp³-hybridized carbons (Fsp3) is 0.286. The van der Waals surface area contributed by atoms with Crippen molar-refractivity contribution in [3.8, 4) is 0 Å². The van der Waals surface area contributed by atoms with E-state index in [-0.39, 0.29) is 5.92 Å². The van der Waals surface area contributed by atoms with Crippen LogP contribution in [0, 0.1) is 6.92 Å². The van der Waals surface area contributed by atoms with E-state index in [0.29, 0.717) is 38.2 Å². The molecule has 2 aromatic rings. The number of aromatic nitrogens is 2. The van der Waals surface area contributed by atoms with Crippen molar-refractivity contribution >= 4 is 52.1 Å². The standard InChI is InChI=1S/C14H15Cl3N4/c1-6(2)13-20-12(18)7(3)14(21-13)19-11-5-9(16)8(15)4-10(11)17/h4-6H,1-3H3,(H3,18,19,20,21). The van der Waals surface area contributed by atoms with Gasteiger partial charge in [0.1, 0.15) is 17.5 Å². The lowest BCUT2D eigenvalue weighted by atomic mass is 10.2. The first-order valence-electron chi connectivity index (χ1n) is 6.35. The molecule has 0 aliphatic rings. The van der Waals surface area contributed by atoms with Crippen molar-refractivity contribution in [2.24, 2.45) is 0 Å². The highest BCUT2D eigenvalue weighted by Crippen LogP contribution is 2.34. The second-order valence-electron chi connectivity index (χ2n) is 4.97. The van der Waals surface area contributed by atoms with Gasteiger partial charge in [0, 0.05) is 11.5 Å². The molecule has 112 valence electrons. The number of nitrogen functional groups attached to an aromatic ring is 1. The van der Waals surface area contributed by atoms with E-state index in [0.717, 1.165) is 5.56 Å². The van der Waals surface area contributed by atoms with Gasteiger partial charge in [0.05, 0.1) is 20.8 Å². The van der Waals surface area contributed by atoms with Crippen molar-refractivity contribution in [1.29, 1.82) is 0 Å². The van der Waals surface area contributed by atoms with E-state index in [1.807, 2.05) is 20.8 Å². The van der Waals surface area contributed by atoms with Gasteiger partial charge in [0.15, 0.2) is 0 Å². The van der Waals surface area contributed by atoms with Crippen LogP contribution in [0.5, 0.6) is 0 Å². The first-order valence-corrected chi connectivity index (χ1v) is 7.48. The Morgan fingerprint density at radius 3 is 2.29 bits per heavy atom. The predicted octanol–water partition coefficient (Wildman–Crippen LogP) is 5.19. The third kappa shape index (κ3) is 3.51. The number of nitrogens with two attached hydrogens (primary N) is 1. The summed E-state index contributed by atoms with van der Waals surface area (Å²) in [7, 11) is 0. The van der Waals surface area contributed by atoms with Crippen LogP contribution in [0.1, 0.15) is 31.2 Å². The zero-order chi connectivity index (χ0) is 15.7. The summed E-state index contributed by atoms with van der Waals surface area (Å²) in [5, 5.41) is 4.40. The first kappa shape index (κ1) is 16.1. The molecule has 0 amide bonds. The first-order chi connectivity index (χ1) is 9.79. The maximum absolute atomic E-state index is 6.17. The molecule has 1 aromatic heterocycles. The molecule has 0 atom stereocenters. The van der Waals surface area contributed by atoms with Crippen LogP contribution in [0.15, 0.2) is 12.1 Å². The van der Waals surface area contributed by atoms with Crippen LogP contribution in [-0.2, 0) is 0 Å². The monoisotopic (exact) mass is 344 g/mol. The lowest BCUT2D eigenvalue weighted by molar-refractivity contribution is 0.776. The maximum Gasteiger partial charge on any atom is 0.139 e. The molecule has 7 heteroatoms. The van der Waals surface area contributed by atoms with E-state index in [2.05, 4.69) is 15.3 Å². The summed E-state index contributed by atoms with van der Waals surface area (Å²) < 4.78 is 0. The van der Waals surface area contributed by atoms with Crippen LogP contribution in [0.4, 0.5) is 17.3 Å². The van der Waals surface area contributed by atoms with Gasteiger partial charge in [-0.1, -0.05) is 48.7 Å². The molecular weight excluding hydrogens is 331 g/mol. The maximum atomic E-state index is 6.17. The van der Waals surface area contributed by atoms with Gasteiger partial charge < -0.3 is 11.1 Å². The third-order valence-electron chi connectivity index (χ3n) is 2.98. The topological polar surface area (TPSA) is 63.8 Å². The normalized spacial score (nSPS) is 11.0. The van der Waals surface area contributed by atoms with Crippen LogP contribution in [0.2, 0.25) is 15.1 Å². The lowest BCUT2D eigenvalue weighted by Gasteiger charge is -2.14. The van der Waals surface area contributed by atoms with Gasteiger partial charge in [0.2, 0.25) is 0 Å². The molecule has 0 aliphatic heterocycles. The van der Waals surface area contributed by atoms with Gasteiger partial charge >= 0.3 is 0 Å². The highest BCUT2D eigenvalue weighted by molar-refractivity contribution is 6.44. The van der Waals surface area contributed by atoms with E-state index in [1.165, 1.54) is 0 Å². The van der Waals surface area contributed by atoms with Crippen molar-refractivity contribution < 1.29 is 0 Å². The molecule has 0 spiro atoms. The minimum Gasteiger partial charge on any atom is -0.383 e. The van der Waals surface area contributed by atoms with E-state index in [4.69, 9.17) is 40.5 Å². The second-order valence-corrected chi connectivity index (χ2v) is 6.19. The van der Waals surface area contributed by atoms with Crippen molar-refractivity contribution in [3.63, 3.8) is 0 Å². The van der Waals surface area contributed by atoms with Crippen LogP contribution in [0.25, 0.3) is 0 Å². The second kappa shape index (κ2) is 6.26. The largest absolute Gasteiger partial charge is 0.383 e. The molecule has 2 rings (SSSR count). The van der Waals surface area contributed by atoms with Crippen LogP contribution < -0.4 is 11.1 Å². The summed E-state index contributed by atoms with van der Waals surface area (Å²) in [4.78, 5) is 8.76. The van der Waals surface area contributed by atoms with Gasteiger partial charge in [-0.05, 0) is 19.1 Å². The molecule has 1 aromatic carbocycles. The molecule has 0 fully saturated rings. The summed E-state index contributed by atoms with van der Waals surface area (Å²) in [6, 6.07) is 3.23. The fourth-order valence-electron chi connectivity index (χ4n) is 1.68. The Morgan fingerprint density at radius 1 is 1.05 bits per heavy atom. The molecule has 0 aliphatic carbocycles. The minimum absolute atomic E-state index is 0.165. The van der Waals surface area contributed by atoms with Crippen molar-refractivity contribution in [1.82, 2.24) is 9.97 Å². The van der Waals surface area contributed by atoms with Crippen LogP contribution in [-0.4, -0.2) is 9.97 Å². The Kier molecular flexibility index (Phi) is 4.81. The molecule has 1 heterocycles.